The minimum Gasteiger partial charge on any atom is -0.480 e. The third-order valence-electron chi connectivity index (χ3n) is 2.11. The van der Waals surface area contributed by atoms with E-state index in [0.717, 1.165) is 13.1 Å². The minimum absolute atomic E-state index is 0.00340. The van der Waals surface area contributed by atoms with E-state index in [0.29, 0.717) is 12.5 Å². The number of hydrogen-bond acceptors (Lipinski definition) is 3. The van der Waals surface area contributed by atoms with Crippen LogP contribution < -0.4 is 5.32 Å². The van der Waals surface area contributed by atoms with Crippen LogP contribution in [0.3, 0.4) is 0 Å². The highest BCUT2D eigenvalue weighted by Gasteiger charge is 2.27. The monoisotopic (exact) mass is 186 g/mol. The summed E-state index contributed by atoms with van der Waals surface area (Å²) < 4.78 is 0. The predicted molar refractivity (Wildman–Crippen MR) is 46.2 cm³/mol. The molecule has 74 valence electrons. The maximum absolute atomic E-state index is 10.8. The Labute approximate surface area is 76.7 Å². The Morgan fingerprint density at radius 2 is 2.15 bits per heavy atom. The molecule has 0 aliphatic carbocycles. The fourth-order valence-electron chi connectivity index (χ4n) is 1.34. The minimum atomic E-state index is -0.845. The average Bonchev–Trinajstić information content (AvgIpc) is 1.92. The zero-order chi connectivity index (χ0) is 9.84. The summed E-state index contributed by atoms with van der Waals surface area (Å²) >= 11 is 0. The molecule has 0 spiro atoms. The van der Waals surface area contributed by atoms with Gasteiger partial charge in [0.15, 0.2) is 0 Å². The van der Waals surface area contributed by atoms with E-state index >= 15 is 0 Å². The molecule has 0 aromatic carbocycles. The van der Waals surface area contributed by atoms with Gasteiger partial charge in [-0.25, -0.2) is 0 Å². The third-order valence-corrected chi connectivity index (χ3v) is 2.11. The van der Waals surface area contributed by atoms with Gasteiger partial charge in [-0.2, -0.15) is 0 Å². The van der Waals surface area contributed by atoms with Gasteiger partial charge in [-0.05, 0) is 0 Å². The molecule has 0 aromatic heterocycles. The van der Waals surface area contributed by atoms with Crippen molar-refractivity contribution in [3.8, 4) is 0 Å². The van der Waals surface area contributed by atoms with Gasteiger partial charge in [0.05, 0.1) is 6.54 Å². The first kappa shape index (κ1) is 9.98. The van der Waals surface area contributed by atoms with Gasteiger partial charge in [-0.1, -0.05) is 0 Å². The maximum atomic E-state index is 10.8. The second-order valence-electron chi connectivity index (χ2n) is 3.31. The van der Waals surface area contributed by atoms with Crippen molar-refractivity contribution in [1.82, 2.24) is 10.2 Å². The van der Waals surface area contributed by atoms with Crippen LogP contribution in [0, 0.1) is 5.92 Å². The average molecular weight is 186 g/mol. The molecule has 1 rings (SSSR count). The first-order chi connectivity index (χ1) is 6.09. The molecular formula is C8H14N2O3. The number of amides is 1. The number of carbonyl (C=O) groups excluding carboxylic acids is 1. The van der Waals surface area contributed by atoms with E-state index in [1.807, 2.05) is 0 Å². The third kappa shape index (κ3) is 3.02. The van der Waals surface area contributed by atoms with E-state index in [2.05, 4.69) is 5.32 Å². The smallest absolute Gasteiger partial charge is 0.317 e. The molecule has 13 heavy (non-hydrogen) atoms. The lowest BCUT2D eigenvalue weighted by atomic mass is 10.0. The van der Waals surface area contributed by atoms with Gasteiger partial charge in [0.2, 0.25) is 5.91 Å². The predicted octanol–water partition coefficient (Wildman–Crippen LogP) is -0.861. The number of nitrogens with one attached hydrogen (secondary N) is 1. The van der Waals surface area contributed by atoms with Crippen LogP contribution in [-0.4, -0.2) is 48.1 Å². The lowest BCUT2D eigenvalue weighted by Crippen LogP contribution is -2.52. The van der Waals surface area contributed by atoms with E-state index in [-0.39, 0.29) is 12.5 Å². The summed E-state index contributed by atoms with van der Waals surface area (Å²) in [5.41, 5.74) is 0. The molecule has 1 saturated heterocycles. The van der Waals surface area contributed by atoms with Crippen LogP contribution in [0.5, 0.6) is 0 Å². The number of carbonyl (C=O) groups is 2. The highest BCUT2D eigenvalue weighted by atomic mass is 16.4. The Morgan fingerprint density at radius 1 is 1.54 bits per heavy atom. The Bertz CT molecular complexity index is 211. The first-order valence-electron chi connectivity index (χ1n) is 4.27. The lowest BCUT2D eigenvalue weighted by molar-refractivity contribution is -0.137. The molecule has 2 N–H and O–H groups in total. The zero-order valence-corrected chi connectivity index (χ0v) is 7.62. The Kier molecular flexibility index (Phi) is 3.25. The van der Waals surface area contributed by atoms with Crippen molar-refractivity contribution < 1.29 is 14.7 Å². The van der Waals surface area contributed by atoms with Crippen LogP contribution >= 0.6 is 0 Å². The number of nitrogens with zero attached hydrogens (tertiary/aromatic N) is 1. The van der Waals surface area contributed by atoms with Crippen LogP contribution in [0.2, 0.25) is 0 Å². The molecule has 0 bridgehead atoms. The van der Waals surface area contributed by atoms with Gasteiger partial charge in [0, 0.05) is 32.5 Å². The molecule has 1 aliphatic heterocycles. The van der Waals surface area contributed by atoms with Crippen molar-refractivity contribution in [2.75, 3.05) is 26.2 Å². The number of carboxylic acids is 1. The molecule has 0 unspecified atom stereocenters. The number of carboxylic acid groups (broad SMARTS) is 1. The number of hydrogen-bond donors (Lipinski definition) is 2. The van der Waals surface area contributed by atoms with Crippen LogP contribution in [0.25, 0.3) is 0 Å². The van der Waals surface area contributed by atoms with E-state index in [1.165, 1.54) is 0 Å². The first-order valence-corrected chi connectivity index (χ1v) is 4.27. The summed E-state index contributed by atoms with van der Waals surface area (Å²) in [5, 5.41) is 11.1. The van der Waals surface area contributed by atoms with Crippen molar-refractivity contribution in [2.45, 2.75) is 6.92 Å². The second kappa shape index (κ2) is 4.23. The summed E-state index contributed by atoms with van der Waals surface area (Å²) in [6.45, 7) is 3.72. The molecule has 0 atom stereocenters. The number of aliphatic carboxylic acids is 1. The summed E-state index contributed by atoms with van der Waals surface area (Å²) in [7, 11) is 0. The van der Waals surface area contributed by atoms with Crippen molar-refractivity contribution in [3.05, 3.63) is 0 Å². The molecule has 0 aromatic rings. The topological polar surface area (TPSA) is 69.6 Å². The Hall–Kier alpha value is -1.10. The van der Waals surface area contributed by atoms with Crippen LogP contribution in [0.4, 0.5) is 0 Å². The molecule has 5 nitrogen and oxygen atoms in total. The fraction of sp³-hybridized carbons (Fsp3) is 0.750. The SMILES string of the molecule is CC(=O)N1CC(CNCC(=O)O)C1. The van der Waals surface area contributed by atoms with Gasteiger partial charge in [0.25, 0.3) is 0 Å². The van der Waals surface area contributed by atoms with Crippen molar-refractivity contribution in [3.63, 3.8) is 0 Å². The normalized spacial score (nSPS) is 16.8. The lowest BCUT2D eigenvalue weighted by Gasteiger charge is -2.38. The molecular weight excluding hydrogens is 172 g/mol. The second-order valence-corrected chi connectivity index (χ2v) is 3.31. The van der Waals surface area contributed by atoms with Crippen molar-refractivity contribution in [1.29, 1.82) is 0 Å². The number of rotatable bonds is 4. The van der Waals surface area contributed by atoms with Gasteiger partial charge in [0.1, 0.15) is 0 Å². The van der Waals surface area contributed by atoms with Gasteiger partial charge in [-0.3, -0.25) is 9.59 Å². The maximum Gasteiger partial charge on any atom is 0.317 e. The van der Waals surface area contributed by atoms with Crippen molar-refractivity contribution in [2.24, 2.45) is 5.92 Å². The quantitative estimate of drug-likeness (QED) is 0.599. The van der Waals surface area contributed by atoms with Crippen molar-refractivity contribution >= 4 is 11.9 Å². The van der Waals surface area contributed by atoms with Gasteiger partial charge >= 0.3 is 5.97 Å². The standard InChI is InChI=1S/C8H14N2O3/c1-6(11)10-4-7(5-10)2-9-3-8(12)13/h7,9H,2-5H2,1H3,(H,12,13). The summed E-state index contributed by atoms with van der Waals surface area (Å²) in [4.78, 5) is 22.6. The summed E-state index contributed by atoms with van der Waals surface area (Å²) in [6.07, 6.45) is 0. The van der Waals surface area contributed by atoms with Gasteiger partial charge in [-0.15, -0.1) is 0 Å². The molecule has 1 amide bonds. The molecule has 0 radical (unpaired) electrons. The van der Waals surface area contributed by atoms with Crippen LogP contribution in [0.15, 0.2) is 0 Å². The highest BCUT2D eigenvalue weighted by molar-refractivity contribution is 5.74. The largest absolute Gasteiger partial charge is 0.480 e. The Morgan fingerprint density at radius 3 is 2.62 bits per heavy atom. The van der Waals surface area contributed by atoms with E-state index < -0.39 is 5.97 Å². The van der Waals surface area contributed by atoms with E-state index in [4.69, 9.17) is 5.11 Å². The molecule has 1 aliphatic rings. The van der Waals surface area contributed by atoms with Gasteiger partial charge < -0.3 is 15.3 Å². The number of likely N-dealkylation sites (tertiary alicyclic amines) is 1. The van der Waals surface area contributed by atoms with Crippen LogP contribution in [-0.2, 0) is 9.59 Å². The molecule has 1 heterocycles. The molecule has 5 heteroatoms. The van der Waals surface area contributed by atoms with Crippen LogP contribution in [0.1, 0.15) is 6.92 Å². The molecule has 1 fully saturated rings. The summed E-state index contributed by atoms with van der Waals surface area (Å²) in [6, 6.07) is 0. The molecule has 0 saturated carbocycles. The zero-order valence-electron chi connectivity index (χ0n) is 7.62. The van der Waals surface area contributed by atoms with E-state index in [1.54, 1.807) is 11.8 Å². The van der Waals surface area contributed by atoms with E-state index in [9.17, 15) is 9.59 Å². The Balaban J connectivity index is 2.02. The highest BCUT2D eigenvalue weighted by Crippen LogP contribution is 2.13. The summed E-state index contributed by atoms with van der Waals surface area (Å²) in [5.74, 6) is -0.333. The fourth-order valence-corrected chi connectivity index (χ4v) is 1.34.